The number of morpholine rings is 1. The van der Waals surface area contributed by atoms with Gasteiger partial charge in [0.05, 0.1) is 17.1 Å². The number of nitro groups is 1. The Kier molecular flexibility index (Phi) is 4.97. The summed E-state index contributed by atoms with van der Waals surface area (Å²) in [4.78, 5) is 16.7. The van der Waals surface area contributed by atoms with E-state index >= 15 is 0 Å². The summed E-state index contributed by atoms with van der Waals surface area (Å²) in [5.74, 6) is 0.646. The molecule has 7 heteroatoms. The van der Waals surface area contributed by atoms with Crippen LogP contribution in [0.2, 0.25) is 0 Å². The highest BCUT2D eigenvalue weighted by atomic mass is 16.6. The van der Waals surface area contributed by atoms with E-state index in [2.05, 4.69) is 42.9 Å². The fourth-order valence-electron chi connectivity index (χ4n) is 2.69. The van der Waals surface area contributed by atoms with E-state index in [1.54, 1.807) is 6.07 Å². The summed E-state index contributed by atoms with van der Waals surface area (Å²) in [5.41, 5.74) is -0.0592. The van der Waals surface area contributed by atoms with E-state index in [0.29, 0.717) is 12.4 Å². The van der Waals surface area contributed by atoms with Crippen molar-refractivity contribution in [3.05, 3.63) is 28.4 Å². The summed E-state index contributed by atoms with van der Waals surface area (Å²) in [6, 6.07) is 3.10. The van der Waals surface area contributed by atoms with Gasteiger partial charge >= 0.3 is 0 Å². The number of pyridine rings is 1. The Hall–Kier alpha value is -1.73. The van der Waals surface area contributed by atoms with Crippen molar-refractivity contribution < 1.29 is 9.66 Å². The lowest BCUT2D eigenvalue weighted by atomic mass is 10.00. The van der Waals surface area contributed by atoms with Gasteiger partial charge in [-0.1, -0.05) is 0 Å². The Morgan fingerprint density at radius 1 is 1.41 bits per heavy atom. The maximum Gasteiger partial charge on any atom is 0.287 e. The minimum Gasteiger partial charge on any atom is -0.373 e. The van der Waals surface area contributed by atoms with Crippen LogP contribution in [-0.4, -0.2) is 52.2 Å². The van der Waals surface area contributed by atoms with Crippen LogP contribution in [0, 0.1) is 10.1 Å². The molecule has 0 saturated carbocycles. The first-order valence-electron chi connectivity index (χ1n) is 7.53. The molecular formula is C15H24N4O3. The molecule has 0 bridgehead atoms. The van der Waals surface area contributed by atoms with Crippen molar-refractivity contribution in [1.82, 2.24) is 9.88 Å². The molecule has 0 amide bonds. The van der Waals surface area contributed by atoms with Gasteiger partial charge in [0.25, 0.3) is 5.69 Å². The molecule has 2 heterocycles. The van der Waals surface area contributed by atoms with E-state index in [1.807, 2.05) is 0 Å². The third kappa shape index (κ3) is 4.14. The van der Waals surface area contributed by atoms with Gasteiger partial charge in [0.2, 0.25) is 0 Å². The molecule has 1 N–H and O–H groups in total. The number of hydrogen-bond donors (Lipinski definition) is 1. The molecule has 1 aromatic heterocycles. The fourth-order valence-corrected chi connectivity index (χ4v) is 2.69. The van der Waals surface area contributed by atoms with Crippen LogP contribution in [0.15, 0.2) is 18.3 Å². The molecule has 7 nitrogen and oxygen atoms in total. The van der Waals surface area contributed by atoms with Gasteiger partial charge in [0.15, 0.2) is 0 Å². The number of aromatic nitrogens is 1. The maximum absolute atomic E-state index is 10.6. The molecular weight excluding hydrogens is 284 g/mol. The lowest BCUT2D eigenvalue weighted by Gasteiger charge is -2.45. The Bertz CT molecular complexity index is 508. The lowest BCUT2D eigenvalue weighted by molar-refractivity contribution is -0.385. The van der Waals surface area contributed by atoms with E-state index in [-0.39, 0.29) is 23.4 Å². The molecule has 0 radical (unpaired) electrons. The quantitative estimate of drug-likeness (QED) is 0.664. The third-order valence-corrected chi connectivity index (χ3v) is 3.94. The minimum absolute atomic E-state index is 0.000592. The van der Waals surface area contributed by atoms with Crippen LogP contribution in [-0.2, 0) is 4.74 Å². The minimum atomic E-state index is -0.447. The van der Waals surface area contributed by atoms with Crippen molar-refractivity contribution in [3.8, 4) is 0 Å². The number of anilines is 1. The van der Waals surface area contributed by atoms with Crippen LogP contribution < -0.4 is 5.32 Å². The maximum atomic E-state index is 10.6. The van der Waals surface area contributed by atoms with Crippen LogP contribution in [0.4, 0.5) is 11.5 Å². The third-order valence-electron chi connectivity index (χ3n) is 3.94. The topological polar surface area (TPSA) is 80.5 Å². The monoisotopic (exact) mass is 308 g/mol. The summed E-state index contributed by atoms with van der Waals surface area (Å²) < 4.78 is 5.77. The molecule has 1 saturated heterocycles. The first-order chi connectivity index (χ1) is 10.3. The van der Waals surface area contributed by atoms with Gasteiger partial charge in [-0.2, -0.15) is 0 Å². The molecule has 2 unspecified atom stereocenters. The zero-order chi connectivity index (χ0) is 16.3. The predicted octanol–water partition coefficient (Wildman–Crippen LogP) is 2.29. The van der Waals surface area contributed by atoms with E-state index in [9.17, 15) is 10.1 Å². The Labute approximate surface area is 130 Å². The molecule has 1 fully saturated rings. The number of rotatable bonds is 5. The van der Waals surface area contributed by atoms with Crippen molar-refractivity contribution in [2.24, 2.45) is 0 Å². The van der Waals surface area contributed by atoms with E-state index in [1.165, 1.54) is 12.3 Å². The van der Waals surface area contributed by atoms with Crippen molar-refractivity contribution in [2.45, 2.75) is 45.4 Å². The molecule has 1 aliphatic heterocycles. The Balaban J connectivity index is 1.95. The van der Waals surface area contributed by atoms with Gasteiger partial charge in [-0.3, -0.25) is 15.0 Å². The lowest BCUT2D eigenvalue weighted by Crippen LogP contribution is -2.57. The second-order valence-corrected chi connectivity index (χ2v) is 6.49. The zero-order valence-electron chi connectivity index (χ0n) is 13.6. The van der Waals surface area contributed by atoms with Gasteiger partial charge < -0.3 is 10.1 Å². The fraction of sp³-hybridized carbons (Fsp3) is 0.667. The van der Waals surface area contributed by atoms with Gasteiger partial charge in [-0.05, 0) is 33.8 Å². The molecule has 0 spiro atoms. The van der Waals surface area contributed by atoms with Crippen LogP contribution in [0.5, 0.6) is 0 Å². The van der Waals surface area contributed by atoms with Crippen molar-refractivity contribution in [2.75, 3.05) is 25.0 Å². The normalized spacial score (nSPS) is 23.3. The average Bonchev–Trinajstić information content (AvgIpc) is 2.44. The highest BCUT2D eigenvalue weighted by molar-refractivity contribution is 5.40. The molecule has 0 aliphatic carbocycles. The second kappa shape index (κ2) is 6.58. The average molecular weight is 308 g/mol. The van der Waals surface area contributed by atoms with Gasteiger partial charge in [0.1, 0.15) is 12.0 Å². The summed E-state index contributed by atoms with van der Waals surface area (Å²) >= 11 is 0. The number of hydrogen-bond acceptors (Lipinski definition) is 6. The van der Waals surface area contributed by atoms with Crippen LogP contribution in [0.3, 0.4) is 0 Å². The molecule has 2 rings (SSSR count). The van der Waals surface area contributed by atoms with Crippen molar-refractivity contribution >= 4 is 11.5 Å². The summed E-state index contributed by atoms with van der Waals surface area (Å²) in [7, 11) is 0. The van der Waals surface area contributed by atoms with E-state index < -0.39 is 4.92 Å². The largest absolute Gasteiger partial charge is 0.373 e. The van der Waals surface area contributed by atoms with Gasteiger partial charge in [0, 0.05) is 31.2 Å². The van der Waals surface area contributed by atoms with Crippen LogP contribution in [0.25, 0.3) is 0 Å². The van der Waals surface area contributed by atoms with E-state index in [0.717, 1.165) is 13.1 Å². The van der Waals surface area contributed by atoms with Crippen molar-refractivity contribution in [3.63, 3.8) is 0 Å². The molecule has 0 aromatic carbocycles. The summed E-state index contributed by atoms with van der Waals surface area (Å²) in [6.07, 6.45) is 1.72. The molecule has 1 aromatic rings. The highest BCUT2D eigenvalue weighted by Crippen LogP contribution is 2.22. The zero-order valence-corrected chi connectivity index (χ0v) is 13.6. The molecule has 22 heavy (non-hydrogen) atoms. The second-order valence-electron chi connectivity index (χ2n) is 6.49. The van der Waals surface area contributed by atoms with E-state index in [4.69, 9.17) is 4.74 Å². The number of nitrogens with one attached hydrogen (secondary N) is 1. The molecule has 1 aliphatic rings. The number of nitrogens with zero attached hydrogens (tertiary/aromatic N) is 3. The standard InChI is InChI=1S/C15H24N4O3/c1-11-8-18(9-12(2)22-11)15(3,4)10-17-14-6-5-13(7-16-14)19(20)21/h5-7,11-12H,8-10H2,1-4H3,(H,16,17). The number of ether oxygens (including phenoxy) is 1. The van der Waals surface area contributed by atoms with Gasteiger partial charge in [-0.15, -0.1) is 0 Å². The molecule has 122 valence electrons. The van der Waals surface area contributed by atoms with Crippen LogP contribution >= 0.6 is 0 Å². The summed E-state index contributed by atoms with van der Waals surface area (Å²) in [5, 5.41) is 13.9. The van der Waals surface area contributed by atoms with Crippen LogP contribution in [0.1, 0.15) is 27.7 Å². The Morgan fingerprint density at radius 2 is 2.05 bits per heavy atom. The summed E-state index contributed by atoms with van der Waals surface area (Å²) in [6.45, 7) is 11.0. The smallest absolute Gasteiger partial charge is 0.287 e. The predicted molar refractivity (Wildman–Crippen MR) is 85.0 cm³/mol. The SMILES string of the molecule is CC1CN(C(C)(C)CNc2ccc([N+](=O)[O-])cn2)CC(C)O1. The Morgan fingerprint density at radius 3 is 2.55 bits per heavy atom. The first kappa shape index (κ1) is 16.6. The van der Waals surface area contributed by atoms with Crippen molar-refractivity contribution in [1.29, 1.82) is 0 Å². The molecule has 2 atom stereocenters. The highest BCUT2D eigenvalue weighted by Gasteiger charge is 2.33. The first-order valence-corrected chi connectivity index (χ1v) is 7.53. The van der Waals surface area contributed by atoms with Gasteiger partial charge in [-0.25, -0.2) is 4.98 Å².